The van der Waals surface area contributed by atoms with Gasteiger partial charge in [-0.05, 0) is 77.4 Å². The second-order valence-electron chi connectivity index (χ2n) is 9.96. The lowest BCUT2D eigenvalue weighted by Gasteiger charge is -2.29. The van der Waals surface area contributed by atoms with E-state index in [1.54, 1.807) is 6.20 Å². The van der Waals surface area contributed by atoms with Crippen LogP contribution in [0.5, 0.6) is 0 Å². The van der Waals surface area contributed by atoms with Crippen molar-refractivity contribution in [2.24, 2.45) is 0 Å². The molecule has 1 aliphatic rings. The molecule has 0 aliphatic carbocycles. The number of aromatic nitrogens is 2. The third-order valence-electron chi connectivity index (χ3n) is 7.54. The van der Waals surface area contributed by atoms with Gasteiger partial charge in [0.25, 0.3) is 0 Å². The first-order chi connectivity index (χ1) is 19.6. The van der Waals surface area contributed by atoms with Crippen LogP contribution < -0.4 is 10.6 Å². The molecule has 1 amide bonds. The van der Waals surface area contributed by atoms with Crippen LogP contribution in [0.3, 0.4) is 0 Å². The Morgan fingerprint density at radius 2 is 1.75 bits per heavy atom. The van der Waals surface area contributed by atoms with E-state index in [9.17, 15) is 4.79 Å². The van der Waals surface area contributed by atoms with Gasteiger partial charge in [-0.25, -0.2) is 0 Å². The van der Waals surface area contributed by atoms with Crippen LogP contribution in [0.25, 0.3) is 16.5 Å². The third kappa shape index (κ3) is 5.08. The molecule has 0 spiro atoms. The molecule has 6 nitrogen and oxygen atoms in total. The number of nitrogens with zero attached hydrogens (tertiary/aromatic N) is 3. The zero-order chi connectivity index (χ0) is 27.5. The molecule has 5 aromatic rings. The number of hydrogen-bond donors (Lipinski definition) is 2. The van der Waals surface area contributed by atoms with Crippen LogP contribution in [0.2, 0.25) is 0 Å². The summed E-state index contributed by atoms with van der Waals surface area (Å²) in [5.41, 5.74) is 5.05. The van der Waals surface area contributed by atoms with Crippen molar-refractivity contribution in [1.82, 2.24) is 19.8 Å². The maximum atomic E-state index is 13.1. The molecule has 6 rings (SSSR count). The number of thiocarbonyl (C=S) groups is 1. The molecule has 1 fully saturated rings. The maximum Gasteiger partial charge on any atom is 0.226 e. The minimum absolute atomic E-state index is 0.0337. The highest BCUT2D eigenvalue weighted by atomic mass is 32.1. The molecule has 0 saturated carbocycles. The van der Waals surface area contributed by atoms with Gasteiger partial charge >= 0.3 is 0 Å². The summed E-state index contributed by atoms with van der Waals surface area (Å²) in [7, 11) is 0. The Morgan fingerprint density at radius 1 is 0.950 bits per heavy atom. The van der Waals surface area contributed by atoms with Crippen LogP contribution in [0.4, 0.5) is 5.69 Å². The lowest BCUT2D eigenvalue weighted by atomic mass is 10.0. The van der Waals surface area contributed by atoms with E-state index in [1.165, 1.54) is 10.8 Å². The number of anilines is 1. The van der Waals surface area contributed by atoms with Gasteiger partial charge in [0, 0.05) is 42.4 Å². The average molecular weight is 546 g/mol. The molecule has 2 N–H and O–H groups in total. The van der Waals surface area contributed by atoms with Crippen LogP contribution in [-0.2, 0) is 11.2 Å². The summed E-state index contributed by atoms with van der Waals surface area (Å²) in [6, 6.07) is 32.6. The molecule has 200 valence electrons. The number of fused-ring (bicyclic) bond motifs is 1. The summed E-state index contributed by atoms with van der Waals surface area (Å²) in [6.07, 6.45) is 5.06. The zero-order valence-corrected chi connectivity index (χ0v) is 23.1. The van der Waals surface area contributed by atoms with Gasteiger partial charge in [-0.3, -0.25) is 9.78 Å². The molecule has 2 unspecified atom stereocenters. The van der Waals surface area contributed by atoms with Crippen molar-refractivity contribution in [1.29, 1.82) is 0 Å². The van der Waals surface area contributed by atoms with Gasteiger partial charge in [0.05, 0.1) is 17.8 Å². The predicted octanol–water partition coefficient (Wildman–Crippen LogP) is 6.59. The van der Waals surface area contributed by atoms with Crippen LogP contribution >= 0.6 is 12.2 Å². The Hall–Kier alpha value is -4.49. The number of amides is 1. The Balaban J connectivity index is 1.32. The molecule has 7 heteroatoms. The molecule has 0 radical (unpaired) electrons. The second-order valence-corrected chi connectivity index (χ2v) is 10.4. The van der Waals surface area contributed by atoms with Crippen LogP contribution in [-0.4, -0.2) is 32.0 Å². The smallest absolute Gasteiger partial charge is 0.226 e. The number of nitrogens with one attached hydrogen (secondary N) is 2. The summed E-state index contributed by atoms with van der Waals surface area (Å²) >= 11 is 5.86. The van der Waals surface area contributed by atoms with Gasteiger partial charge < -0.3 is 20.1 Å². The highest BCUT2D eigenvalue weighted by molar-refractivity contribution is 7.80. The Bertz CT molecular complexity index is 1660. The molecular weight excluding hydrogens is 514 g/mol. The largest absolute Gasteiger partial charge is 0.352 e. The van der Waals surface area contributed by atoms with E-state index in [-0.39, 0.29) is 18.0 Å². The topological polar surface area (TPSA) is 62.2 Å². The predicted molar refractivity (Wildman–Crippen MR) is 165 cm³/mol. The van der Waals surface area contributed by atoms with E-state index < -0.39 is 0 Å². The maximum absolute atomic E-state index is 13.1. The SMILES string of the molecule is CCc1ccccc1NC(=O)CCN1C(=S)NC(c2ccccn2)C1c1cccn1-c1ccc2ccccc2c1. The fourth-order valence-corrected chi connectivity index (χ4v) is 5.88. The van der Waals surface area contributed by atoms with E-state index in [0.29, 0.717) is 18.1 Å². The highest BCUT2D eigenvalue weighted by Crippen LogP contribution is 2.39. The molecule has 2 atom stereocenters. The van der Waals surface area contributed by atoms with Crippen LogP contribution in [0.15, 0.2) is 109 Å². The molecule has 2 aromatic heterocycles. The summed E-state index contributed by atoms with van der Waals surface area (Å²) in [5.74, 6) is -0.0337. The quantitative estimate of drug-likeness (QED) is 0.216. The minimum atomic E-state index is -0.160. The number of hydrogen-bond acceptors (Lipinski definition) is 3. The van der Waals surface area contributed by atoms with Crippen molar-refractivity contribution < 1.29 is 4.79 Å². The number of para-hydroxylation sites is 1. The van der Waals surface area contributed by atoms with Crippen molar-refractivity contribution in [2.45, 2.75) is 31.8 Å². The zero-order valence-electron chi connectivity index (χ0n) is 22.3. The fourth-order valence-electron chi connectivity index (χ4n) is 5.55. The lowest BCUT2D eigenvalue weighted by Crippen LogP contribution is -2.33. The number of carbonyl (C=O) groups is 1. The molecule has 1 saturated heterocycles. The average Bonchev–Trinajstić information content (AvgIpc) is 3.60. The van der Waals surface area contributed by atoms with Crippen molar-refractivity contribution in [3.8, 4) is 5.69 Å². The van der Waals surface area contributed by atoms with Gasteiger partial charge in [-0.1, -0.05) is 61.5 Å². The number of aryl methyl sites for hydroxylation is 1. The van der Waals surface area contributed by atoms with Crippen LogP contribution in [0.1, 0.15) is 42.4 Å². The first-order valence-electron chi connectivity index (χ1n) is 13.6. The van der Waals surface area contributed by atoms with Crippen LogP contribution in [0, 0.1) is 0 Å². The monoisotopic (exact) mass is 545 g/mol. The molecule has 0 bridgehead atoms. The summed E-state index contributed by atoms with van der Waals surface area (Å²) in [5, 5.41) is 9.61. The van der Waals surface area contributed by atoms with Gasteiger partial charge in [0.2, 0.25) is 5.91 Å². The van der Waals surface area contributed by atoms with E-state index >= 15 is 0 Å². The first-order valence-corrected chi connectivity index (χ1v) is 14.1. The normalized spacial score (nSPS) is 16.7. The highest BCUT2D eigenvalue weighted by Gasteiger charge is 2.41. The molecule has 40 heavy (non-hydrogen) atoms. The fraction of sp³-hybridized carbons (Fsp3) is 0.182. The number of rotatable bonds is 8. The third-order valence-corrected chi connectivity index (χ3v) is 7.90. The van der Waals surface area contributed by atoms with Crippen molar-refractivity contribution >= 4 is 39.7 Å². The van der Waals surface area contributed by atoms with Gasteiger partial charge in [0.1, 0.15) is 0 Å². The lowest BCUT2D eigenvalue weighted by molar-refractivity contribution is -0.116. The Labute approximate surface area is 239 Å². The molecular formula is C33H31N5OS. The Kier molecular flexibility index (Phi) is 7.29. The number of pyridine rings is 1. The van der Waals surface area contributed by atoms with Crippen molar-refractivity contribution in [3.05, 3.63) is 126 Å². The summed E-state index contributed by atoms with van der Waals surface area (Å²) < 4.78 is 2.22. The van der Waals surface area contributed by atoms with Gasteiger partial charge in [0.15, 0.2) is 5.11 Å². The standard InChI is InChI=1S/C33H31N5OS/c1-2-23-10-5-6-13-27(23)35-30(39)18-21-38-32(31(36-33(38)40)28-14-7-8-19-34-28)29-15-9-20-37(29)26-17-16-24-11-3-4-12-25(24)22-26/h3-17,19-20,22,31-32H,2,18,21H2,1H3,(H,35,39)(H,36,40). The molecule has 1 aliphatic heterocycles. The number of benzene rings is 3. The first kappa shape index (κ1) is 25.8. The van der Waals surface area contributed by atoms with Gasteiger partial charge in [-0.2, -0.15) is 0 Å². The van der Waals surface area contributed by atoms with E-state index in [0.717, 1.165) is 34.7 Å². The summed E-state index contributed by atoms with van der Waals surface area (Å²) in [4.78, 5) is 19.9. The summed E-state index contributed by atoms with van der Waals surface area (Å²) in [6.45, 7) is 2.56. The minimum Gasteiger partial charge on any atom is -0.352 e. The van der Waals surface area contributed by atoms with Crippen molar-refractivity contribution in [2.75, 3.05) is 11.9 Å². The molecule has 3 heterocycles. The molecule has 3 aromatic carbocycles. The van der Waals surface area contributed by atoms with E-state index in [1.807, 2.05) is 42.5 Å². The Morgan fingerprint density at radius 3 is 2.58 bits per heavy atom. The van der Waals surface area contributed by atoms with E-state index in [2.05, 4.69) is 92.8 Å². The van der Waals surface area contributed by atoms with Gasteiger partial charge in [-0.15, -0.1) is 0 Å². The second kappa shape index (κ2) is 11.3. The van der Waals surface area contributed by atoms with Crippen molar-refractivity contribution in [3.63, 3.8) is 0 Å². The number of carbonyl (C=O) groups excluding carboxylic acids is 1. The van der Waals surface area contributed by atoms with E-state index in [4.69, 9.17) is 12.2 Å².